The number of rotatable bonds is 11. The van der Waals surface area contributed by atoms with Crippen LogP contribution in [0.4, 0.5) is 0 Å². The summed E-state index contributed by atoms with van der Waals surface area (Å²) in [6, 6.07) is 0. The molecule has 0 radical (unpaired) electrons. The molecule has 1 atom stereocenters. The van der Waals surface area contributed by atoms with Crippen molar-refractivity contribution in [3.63, 3.8) is 0 Å². The Balaban J connectivity index is 3.04. The fourth-order valence-corrected chi connectivity index (χ4v) is 2.06. The average Bonchev–Trinajstić information content (AvgIpc) is 2.22. The fourth-order valence-electron chi connectivity index (χ4n) is 1.48. The molecule has 4 heteroatoms. The lowest BCUT2D eigenvalue weighted by molar-refractivity contribution is 0.204. The predicted octanol–water partition coefficient (Wildman–Crippen LogP) is 4.26. The van der Waals surface area contributed by atoms with Gasteiger partial charge in [0.25, 0.3) is 0 Å². The van der Waals surface area contributed by atoms with Crippen LogP contribution in [0.5, 0.6) is 0 Å². The molecule has 1 N–H and O–H groups in total. The van der Waals surface area contributed by atoms with E-state index >= 15 is 0 Å². The van der Waals surface area contributed by atoms with E-state index in [2.05, 4.69) is 13.8 Å². The van der Waals surface area contributed by atoms with Gasteiger partial charge in [0.15, 0.2) is 0 Å². The molecule has 3 nitrogen and oxygen atoms in total. The molecule has 0 aliphatic heterocycles. The molecule has 0 fully saturated rings. The van der Waals surface area contributed by atoms with Gasteiger partial charge in [-0.25, -0.2) is 0 Å². The highest BCUT2D eigenvalue weighted by atomic mass is 31.2. The van der Waals surface area contributed by atoms with Gasteiger partial charge in [-0.2, -0.15) is 0 Å². The summed E-state index contributed by atoms with van der Waals surface area (Å²) in [5, 5.41) is 0. The normalized spacial score (nSPS) is 13.3. The molecule has 0 aliphatic carbocycles. The third-order valence-electron chi connectivity index (χ3n) is 2.37. The molecule has 0 saturated carbocycles. The molecule has 0 bridgehead atoms. The first-order valence-electron chi connectivity index (χ1n) is 6.41. The zero-order chi connectivity index (χ0) is 12.2. The summed E-state index contributed by atoms with van der Waals surface area (Å²) in [4.78, 5) is 9.17. The first kappa shape index (κ1) is 16.3. The van der Waals surface area contributed by atoms with E-state index in [0.29, 0.717) is 13.2 Å². The van der Waals surface area contributed by atoms with Crippen LogP contribution in [0.15, 0.2) is 0 Å². The lowest BCUT2D eigenvalue weighted by Crippen LogP contribution is -1.93. The molecule has 0 aromatic heterocycles. The largest absolute Gasteiger partial charge is 0.329 e. The van der Waals surface area contributed by atoms with Crippen molar-refractivity contribution >= 4 is 8.60 Å². The fraction of sp³-hybridized carbons (Fsp3) is 1.00. The van der Waals surface area contributed by atoms with Crippen LogP contribution in [0.3, 0.4) is 0 Å². The summed E-state index contributed by atoms with van der Waals surface area (Å²) in [6.07, 6.45) is 7.47. The molecule has 0 heterocycles. The van der Waals surface area contributed by atoms with Crippen LogP contribution >= 0.6 is 8.60 Å². The monoisotopic (exact) mass is 250 g/mol. The van der Waals surface area contributed by atoms with Crippen LogP contribution in [0.2, 0.25) is 0 Å². The topological polar surface area (TPSA) is 38.7 Å². The molecular formula is C12H27O3P. The van der Waals surface area contributed by atoms with Gasteiger partial charge in [-0.15, -0.1) is 0 Å². The van der Waals surface area contributed by atoms with Crippen LogP contribution in [0, 0.1) is 5.92 Å². The standard InChI is InChI=1S/C12H27O3P/c1-4-14-16(13)15-11-9-7-5-6-8-10-12(2)3/h12-13H,4-11H2,1-3H3. The SMILES string of the molecule is CCOP(O)OCCCCCCCC(C)C. The molecule has 0 rings (SSSR count). The summed E-state index contributed by atoms with van der Waals surface area (Å²) < 4.78 is 10.0. The maximum atomic E-state index is 9.17. The lowest BCUT2D eigenvalue weighted by Gasteiger charge is -2.09. The van der Waals surface area contributed by atoms with Gasteiger partial charge in [0.05, 0.1) is 13.2 Å². The molecule has 1 unspecified atom stereocenters. The van der Waals surface area contributed by atoms with E-state index in [1.807, 2.05) is 6.92 Å². The Morgan fingerprint density at radius 3 is 2.25 bits per heavy atom. The third kappa shape index (κ3) is 12.4. The molecule has 98 valence electrons. The van der Waals surface area contributed by atoms with Gasteiger partial charge in [-0.3, -0.25) is 0 Å². The highest BCUT2D eigenvalue weighted by Gasteiger charge is 2.03. The third-order valence-corrected chi connectivity index (χ3v) is 3.25. The average molecular weight is 250 g/mol. The molecule has 16 heavy (non-hydrogen) atoms. The van der Waals surface area contributed by atoms with Gasteiger partial charge in [0, 0.05) is 0 Å². The predicted molar refractivity (Wildman–Crippen MR) is 69.3 cm³/mol. The van der Waals surface area contributed by atoms with Crippen LogP contribution in [0.25, 0.3) is 0 Å². The van der Waals surface area contributed by atoms with Crippen LogP contribution < -0.4 is 0 Å². The smallest absolute Gasteiger partial charge is 0.328 e. The van der Waals surface area contributed by atoms with Gasteiger partial charge < -0.3 is 13.9 Å². The zero-order valence-corrected chi connectivity index (χ0v) is 11.8. The van der Waals surface area contributed by atoms with Crippen LogP contribution in [-0.2, 0) is 9.05 Å². The van der Waals surface area contributed by atoms with Crippen molar-refractivity contribution in [3.05, 3.63) is 0 Å². The quantitative estimate of drug-likeness (QED) is 0.440. The minimum absolute atomic E-state index is 0.511. The first-order chi connectivity index (χ1) is 7.66. The Labute approximate surface area is 102 Å². The highest BCUT2D eigenvalue weighted by Crippen LogP contribution is 2.32. The molecule has 0 aromatic carbocycles. The minimum Gasteiger partial charge on any atom is -0.328 e. The number of hydrogen-bond donors (Lipinski definition) is 1. The Kier molecular flexibility index (Phi) is 12.0. The number of unbranched alkanes of at least 4 members (excludes halogenated alkanes) is 4. The van der Waals surface area contributed by atoms with Gasteiger partial charge >= 0.3 is 8.60 Å². The minimum atomic E-state index is -1.62. The van der Waals surface area contributed by atoms with E-state index in [1.54, 1.807) is 0 Å². The Hall–Kier alpha value is 0.310. The van der Waals surface area contributed by atoms with E-state index in [-0.39, 0.29) is 0 Å². The van der Waals surface area contributed by atoms with Crippen molar-refractivity contribution < 1.29 is 13.9 Å². The highest BCUT2D eigenvalue weighted by molar-refractivity contribution is 7.40. The Bertz CT molecular complexity index is 142. The van der Waals surface area contributed by atoms with Crippen LogP contribution in [0.1, 0.15) is 59.3 Å². The van der Waals surface area contributed by atoms with E-state index in [4.69, 9.17) is 9.05 Å². The van der Waals surface area contributed by atoms with E-state index in [0.717, 1.165) is 12.3 Å². The molecule has 0 aromatic rings. The lowest BCUT2D eigenvalue weighted by atomic mass is 10.0. The molecule has 0 amide bonds. The van der Waals surface area contributed by atoms with Crippen molar-refractivity contribution in [2.75, 3.05) is 13.2 Å². The first-order valence-corrected chi connectivity index (χ1v) is 7.54. The van der Waals surface area contributed by atoms with Gasteiger partial charge in [-0.1, -0.05) is 46.0 Å². The number of hydrogen-bond acceptors (Lipinski definition) is 3. The maximum absolute atomic E-state index is 9.17. The van der Waals surface area contributed by atoms with Crippen molar-refractivity contribution in [2.24, 2.45) is 5.92 Å². The summed E-state index contributed by atoms with van der Waals surface area (Å²) in [5.74, 6) is 0.826. The van der Waals surface area contributed by atoms with Crippen molar-refractivity contribution in [1.82, 2.24) is 0 Å². The van der Waals surface area contributed by atoms with Gasteiger partial charge in [0.1, 0.15) is 0 Å². The molecule has 0 aliphatic rings. The van der Waals surface area contributed by atoms with Gasteiger partial charge in [0.2, 0.25) is 0 Å². The maximum Gasteiger partial charge on any atom is 0.329 e. The zero-order valence-electron chi connectivity index (χ0n) is 10.9. The summed E-state index contributed by atoms with van der Waals surface area (Å²) in [5.41, 5.74) is 0. The molecular weight excluding hydrogens is 223 g/mol. The van der Waals surface area contributed by atoms with Crippen molar-refractivity contribution in [1.29, 1.82) is 0 Å². The van der Waals surface area contributed by atoms with Crippen molar-refractivity contribution in [3.8, 4) is 0 Å². The van der Waals surface area contributed by atoms with Gasteiger partial charge in [-0.05, 0) is 19.3 Å². The Morgan fingerprint density at radius 2 is 1.62 bits per heavy atom. The second kappa shape index (κ2) is 11.8. The second-order valence-corrected chi connectivity index (χ2v) is 5.43. The second-order valence-electron chi connectivity index (χ2n) is 4.44. The van der Waals surface area contributed by atoms with E-state index < -0.39 is 8.60 Å². The van der Waals surface area contributed by atoms with E-state index in [1.165, 1.54) is 32.1 Å². The van der Waals surface area contributed by atoms with Crippen LogP contribution in [-0.4, -0.2) is 18.1 Å². The molecule has 0 spiro atoms. The summed E-state index contributed by atoms with van der Waals surface area (Å²) in [6.45, 7) is 7.52. The summed E-state index contributed by atoms with van der Waals surface area (Å²) in [7, 11) is -1.62. The molecule has 0 saturated heterocycles. The van der Waals surface area contributed by atoms with Crippen molar-refractivity contribution in [2.45, 2.75) is 59.3 Å². The summed E-state index contributed by atoms with van der Waals surface area (Å²) >= 11 is 0. The van der Waals surface area contributed by atoms with E-state index in [9.17, 15) is 4.89 Å². The Morgan fingerprint density at radius 1 is 1.00 bits per heavy atom.